The van der Waals surface area contributed by atoms with Crippen LogP contribution >= 0.6 is 0 Å². The van der Waals surface area contributed by atoms with Crippen molar-refractivity contribution in [3.8, 4) is 23.0 Å². The molecule has 2 aromatic carbocycles. The first kappa shape index (κ1) is 14.8. The van der Waals surface area contributed by atoms with Crippen LogP contribution in [0.3, 0.4) is 0 Å². The number of aliphatic hydroxyl groups excluding tert-OH is 1. The molecule has 0 atom stereocenters. The molecule has 0 saturated carbocycles. The third-order valence-corrected chi connectivity index (χ3v) is 4.31. The number of hydrogen-bond acceptors (Lipinski definition) is 6. The van der Waals surface area contributed by atoms with E-state index in [1.54, 1.807) is 6.07 Å². The van der Waals surface area contributed by atoms with E-state index in [-0.39, 0.29) is 20.2 Å². The van der Waals surface area contributed by atoms with Crippen molar-refractivity contribution in [3.05, 3.63) is 46.5 Å². The van der Waals surface area contributed by atoms with Gasteiger partial charge in [0.05, 0.1) is 12.2 Å². The number of hydrogen-bond donors (Lipinski definition) is 1. The molecule has 0 aromatic heterocycles. The van der Waals surface area contributed by atoms with Crippen LogP contribution in [0.1, 0.15) is 27.0 Å². The van der Waals surface area contributed by atoms with Crippen LogP contribution in [0, 0.1) is 0 Å². The van der Waals surface area contributed by atoms with E-state index in [1.165, 1.54) is 0 Å². The maximum Gasteiger partial charge on any atom is 0.231 e. The molecule has 2 aliphatic rings. The predicted octanol–water partition coefficient (Wildman–Crippen LogP) is 2.23. The molecule has 2 aliphatic heterocycles. The summed E-state index contributed by atoms with van der Waals surface area (Å²) in [7, 11) is 0. The standard InChI is InChI=1S/C18H16O6/c19-7-13-6-17-16(22-9-23-17)5-12(13)2-1-11-3-4-15-18(14(11)8-20)24-10-21-15/h3-6,8,19H,1-2,7,9-10H2. The molecule has 24 heavy (non-hydrogen) atoms. The van der Waals surface area contributed by atoms with E-state index in [0.29, 0.717) is 41.4 Å². The number of aldehydes is 1. The molecule has 0 radical (unpaired) electrons. The number of rotatable bonds is 5. The number of fused-ring (bicyclic) bond motifs is 2. The first-order chi connectivity index (χ1) is 11.8. The van der Waals surface area contributed by atoms with Crippen molar-refractivity contribution < 1.29 is 28.8 Å². The Morgan fingerprint density at radius 1 is 0.875 bits per heavy atom. The number of carbonyl (C=O) groups is 1. The smallest absolute Gasteiger partial charge is 0.231 e. The largest absolute Gasteiger partial charge is 0.454 e. The van der Waals surface area contributed by atoms with Gasteiger partial charge in [-0.25, -0.2) is 0 Å². The Labute approximate surface area is 138 Å². The van der Waals surface area contributed by atoms with Crippen LogP contribution in [0.4, 0.5) is 0 Å². The summed E-state index contributed by atoms with van der Waals surface area (Å²) in [5.41, 5.74) is 3.18. The van der Waals surface area contributed by atoms with Crippen LogP contribution in [0.15, 0.2) is 24.3 Å². The van der Waals surface area contributed by atoms with Gasteiger partial charge in [0.15, 0.2) is 29.3 Å². The SMILES string of the molecule is O=Cc1c(CCc2cc3c(cc2CO)OCO3)ccc2c1OCO2. The van der Waals surface area contributed by atoms with Gasteiger partial charge in [0.2, 0.25) is 13.6 Å². The number of aliphatic hydroxyl groups is 1. The van der Waals surface area contributed by atoms with Crippen molar-refractivity contribution in [1.29, 1.82) is 0 Å². The summed E-state index contributed by atoms with van der Waals surface area (Å²) in [5, 5.41) is 9.59. The van der Waals surface area contributed by atoms with Gasteiger partial charge in [-0.2, -0.15) is 0 Å². The first-order valence-electron chi connectivity index (χ1n) is 7.69. The maximum atomic E-state index is 11.5. The summed E-state index contributed by atoms with van der Waals surface area (Å²) in [5.74, 6) is 2.44. The highest BCUT2D eigenvalue weighted by atomic mass is 16.7. The van der Waals surface area contributed by atoms with Gasteiger partial charge in [0.1, 0.15) is 0 Å². The first-order valence-corrected chi connectivity index (χ1v) is 7.69. The lowest BCUT2D eigenvalue weighted by Gasteiger charge is -2.11. The Hall–Kier alpha value is -2.73. The summed E-state index contributed by atoms with van der Waals surface area (Å²) in [6, 6.07) is 7.39. The fourth-order valence-electron chi connectivity index (χ4n) is 3.06. The minimum Gasteiger partial charge on any atom is -0.454 e. The normalized spacial score (nSPS) is 14.0. The fraction of sp³-hybridized carbons (Fsp3) is 0.278. The second-order valence-electron chi connectivity index (χ2n) is 5.62. The Morgan fingerprint density at radius 2 is 1.54 bits per heavy atom. The molecular formula is C18H16O6. The summed E-state index contributed by atoms with van der Waals surface area (Å²) in [6.45, 7) is 0.255. The molecular weight excluding hydrogens is 312 g/mol. The van der Waals surface area contributed by atoms with E-state index in [0.717, 1.165) is 23.0 Å². The zero-order valence-corrected chi connectivity index (χ0v) is 12.9. The summed E-state index contributed by atoms with van der Waals surface area (Å²) in [4.78, 5) is 11.5. The zero-order chi connectivity index (χ0) is 16.5. The summed E-state index contributed by atoms with van der Waals surface area (Å²) >= 11 is 0. The van der Waals surface area contributed by atoms with E-state index >= 15 is 0 Å². The lowest BCUT2D eigenvalue weighted by atomic mass is 9.96. The predicted molar refractivity (Wildman–Crippen MR) is 83.8 cm³/mol. The number of benzene rings is 2. The van der Waals surface area contributed by atoms with E-state index in [9.17, 15) is 9.90 Å². The van der Waals surface area contributed by atoms with Crippen LogP contribution in [0.2, 0.25) is 0 Å². The molecule has 0 aliphatic carbocycles. The van der Waals surface area contributed by atoms with Gasteiger partial charge in [0, 0.05) is 0 Å². The second-order valence-corrected chi connectivity index (χ2v) is 5.62. The molecule has 4 rings (SSSR count). The average molecular weight is 328 g/mol. The minimum absolute atomic E-state index is 0.0757. The summed E-state index contributed by atoms with van der Waals surface area (Å²) in [6.07, 6.45) is 2.10. The molecule has 124 valence electrons. The molecule has 6 heteroatoms. The zero-order valence-electron chi connectivity index (χ0n) is 12.9. The molecule has 0 fully saturated rings. The Balaban J connectivity index is 1.61. The van der Waals surface area contributed by atoms with Crippen LogP contribution in [0.5, 0.6) is 23.0 Å². The number of carbonyl (C=O) groups excluding carboxylic acids is 1. The third-order valence-electron chi connectivity index (χ3n) is 4.31. The Kier molecular flexibility index (Phi) is 3.74. The van der Waals surface area contributed by atoms with Crippen molar-refractivity contribution in [3.63, 3.8) is 0 Å². The lowest BCUT2D eigenvalue weighted by molar-refractivity contribution is 0.111. The highest BCUT2D eigenvalue weighted by Crippen LogP contribution is 2.38. The minimum atomic E-state index is -0.0757. The van der Waals surface area contributed by atoms with E-state index in [2.05, 4.69) is 0 Å². The quantitative estimate of drug-likeness (QED) is 0.849. The topological polar surface area (TPSA) is 74.2 Å². The lowest BCUT2D eigenvalue weighted by Crippen LogP contribution is -2.01. The van der Waals surface area contributed by atoms with Crippen LogP contribution < -0.4 is 18.9 Å². The number of ether oxygens (including phenoxy) is 4. The molecule has 0 saturated heterocycles. The van der Waals surface area contributed by atoms with Crippen LogP contribution in [-0.4, -0.2) is 25.0 Å². The van der Waals surface area contributed by atoms with Gasteiger partial charge >= 0.3 is 0 Å². The van der Waals surface area contributed by atoms with Crippen molar-refractivity contribution in [1.82, 2.24) is 0 Å². The number of aryl methyl sites for hydroxylation is 2. The molecule has 0 unspecified atom stereocenters. The molecule has 0 bridgehead atoms. The van der Waals surface area contributed by atoms with Gasteiger partial charge in [-0.05, 0) is 47.7 Å². The van der Waals surface area contributed by atoms with E-state index in [1.807, 2.05) is 18.2 Å². The third kappa shape index (κ3) is 2.45. The van der Waals surface area contributed by atoms with E-state index < -0.39 is 0 Å². The van der Waals surface area contributed by atoms with Crippen LogP contribution in [-0.2, 0) is 19.4 Å². The summed E-state index contributed by atoms with van der Waals surface area (Å²) < 4.78 is 21.4. The molecule has 6 nitrogen and oxygen atoms in total. The maximum absolute atomic E-state index is 11.5. The van der Waals surface area contributed by atoms with Crippen molar-refractivity contribution in [2.24, 2.45) is 0 Å². The van der Waals surface area contributed by atoms with Gasteiger partial charge in [0.25, 0.3) is 0 Å². The highest BCUT2D eigenvalue weighted by molar-refractivity contribution is 5.84. The van der Waals surface area contributed by atoms with Crippen molar-refractivity contribution in [2.75, 3.05) is 13.6 Å². The van der Waals surface area contributed by atoms with Crippen molar-refractivity contribution >= 4 is 6.29 Å². The molecule has 1 N–H and O–H groups in total. The van der Waals surface area contributed by atoms with Gasteiger partial charge in [-0.1, -0.05) is 6.07 Å². The van der Waals surface area contributed by atoms with Gasteiger partial charge < -0.3 is 24.1 Å². The van der Waals surface area contributed by atoms with Crippen molar-refractivity contribution in [2.45, 2.75) is 19.4 Å². The fourth-order valence-corrected chi connectivity index (χ4v) is 3.06. The monoisotopic (exact) mass is 328 g/mol. The molecule has 2 aromatic rings. The van der Waals surface area contributed by atoms with Gasteiger partial charge in [-0.3, -0.25) is 4.79 Å². The molecule has 0 spiro atoms. The average Bonchev–Trinajstić information content (AvgIpc) is 3.26. The Morgan fingerprint density at radius 3 is 2.29 bits per heavy atom. The second kappa shape index (κ2) is 6.05. The van der Waals surface area contributed by atoms with Crippen LogP contribution in [0.25, 0.3) is 0 Å². The van der Waals surface area contributed by atoms with E-state index in [4.69, 9.17) is 18.9 Å². The highest BCUT2D eigenvalue weighted by Gasteiger charge is 2.21. The molecule has 2 heterocycles. The van der Waals surface area contributed by atoms with Gasteiger partial charge in [-0.15, -0.1) is 0 Å². The molecule has 0 amide bonds. The Bertz CT molecular complexity index is 799.